The number of aromatic hydroxyl groups is 1. The van der Waals surface area contributed by atoms with Crippen molar-refractivity contribution in [2.75, 3.05) is 0 Å². The molecule has 0 radical (unpaired) electrons. The number of fused-ring (bicyclic) bond motifs is 1. The van der Waals surface area contributed by atoms with Crippen molar-refractivity contribution in [3.8, 4) is 11.5 Å². The minimum absolute atomic E-state index is 0.100. The van der Waals surface area contributed by atoms with Crippen molar-refractivity contribution in [1.29, 1.82) is 0 Å². The zero-order chi connectivity index (χ0) is 19.2. The van der Waals surface area contributed by atoms with Gasteiger partial charge in [-0.1, -0.05) is 0 Å². The van der Waals surface area contributed by atoms with Crippen molar-refractivity contribution >= 4 is 48.6 Å². The molecule has 26 heavy (non-hydrogen) atoms. The highest BCUT2D eigenvalue weighted by Crippen LogP contribution is 2.37. The van der Waals surface area contributed by atoms with Crippen molar-refractivity contribution in [3.05, 3.63) is 33.2 Å². The number of carbonyl (C=O) groups excluding carboxylic acids is 1. The molecular formula is C16H13Br2O8-. The molecule has 1 aliphatic heterocycles. The maximum atomic E-state index is 11.0. The van der Waals surface area contributed by atoms with Gasteiger partial charge < -0.3 is 39.8 Å². The second kappa shape index (κ2) is 7.29. The van der Waals surface area contributed by atoms with Gasteiger partial charge in [0.2, 0.25) is 6.29 Å². The first-order chi connectivity index (χ1) is 12.2. The molecule has 1 saturated heterocycles. The summed E-state index contributed by atoms with van der Waals surface area (Å²) >= 11 is 6.71. The van der Waals surface area contributed by atoms with E-state index in [0.29, 0.717) is 10.8 Å². The predicted octanol–water partition coefficient (Wildman–Crippen LogP) is 0.00670. The van der Waals surface area contributed by atoms with Crippen molar-refractivity contribution in [2.45, 2.75) is 30.7 Å². The van der Waals surface area contributed by atoms with Gasteiger partial charge in [-0.3, -0.25) is 0 Å². The molecule has 1 aliphatic rings. The van der Waals surface area contributed by atoms with E-state index in [1.807, 2.05) is 0 Å². The summed E-state index contributed by atoms with van der Waals surface area (Å²) in [6, 6.07) is 6.40. The number of rotatable bonds is 3. The van der Waals surface area contributed by atoms with Gasteiger partial charge in [-0.15, -0.1) is 0 Å². The summed E-state index contributed by atoms with van der Waals surface area (Å²) in [6.45, 7) is 0. The Labute approximate surface area is 163 Å². The number of benzene rings is 2. The van der Waals surface area contributed by atoms with E-state index in [1.165, 1.54) is 12.1 Å². The Morgan fingerprint density at radius 2 is 1.58 bits per heavy atom. The Kier molecular flexibility index (Phi) is 5.42. The monoisotopic (exact) mass is 491 g/mol. The summed E-state index contributed by atoms with van der Waals surface area (Å²) in [7, 11) is 0. The molecule has 140 valence electrons. The van der Waals surface area contributed by atoms with Crippen LogP contribution in [0.3, 0.4) is 0 Å². The fraction of sp³-hybridized carbons (Fsp3) is 0.312. The molecule has 4 N–H and O–H groups in total. The molecule has 5 unspecified atom stereocenters. The van der Waals surface area contributed by atoms with Gasteiger partial charge >= 0.3 is 0 Å². The van der Waals surface area contributed by atoms with Gasteiger partial charge in [0, 0.05) is 8.95 Å². The Balaban J connectivity index is 1.93. The van der Waals surface area contributed by atoms with Crippen molar-refractivity contribution in [1.82, 2.24) is 0 Å². The third-order valence-electron chi connectivity index (χ3n) is 4.00. The smallest absolute Gasteiger partial charge is 0.229 e. The topological polar surface area (TPSA) is 140 Å². The number of carboxylic acid groups (broad SMARTS) is 1. The number of phenolic OH excluding ortho intramolecular Hbond substituents is 1. The molecular weight excluding hydrogens is 480 g/mol. The van der Waals surface area contributed by atoms with Crippen molar-refractivity contribution in [2.24, 2.45) is 0 Å². The van der Waals surface area contributed by atoms with Crippen LogP contribution in [-0.4, -0.2) is 57.1 Å². The zero-order valence-corrected chi connectivity index (χ0v) is 16.0. The standard InChI is InChI=1S/C16H14Br2O8/c17-7-1-5-3-9(19)10(4-6(5)2-8(7)18)25-16-13(22)11(20)12(21)14(26-16)15(23)24/h1-4,11-14,16,19-22H,(H,23,24)/p-1. The molecule has 0 amide bonds. The first-order valence-electron chi connectivity index (χ1n) is 7.38. The SMILES string of the molecule is O=C([O-])C1OC(Oc2cc3cc(Br)c(Br)cc3cc2O)C(O)C(O)C1O. The number of carboxylic acids is 1. The lowest BCUT2D eigenvalue weighted by Crippen LogP contribution is -2.63. The number of phenols is 1. The number of halogens is 2. The number of aliphatic hydroxyl groups excluding tert-OH is 3. The van der Waals surface area contributed by atoms with Crippen LogP contribution < -0.4 is 9.84 Å². The average Bonchev–Trinajstić information content (AvgIpc) is 2.57. The number of hydrogen-bond acceptors (Lipinski definition) is 8. The minimum Gasteiger partial charge on any atom is -0.547 e. The molecule has 0 spiro atoms. The van der Waals surface area contributed by atoms with Gasteiger partial charge in [0.25, 0.3) is 0 Å². The molecule has 1 fully saturated rings. The van der Waals surface area contributed by atoms with E-state index in [9.17, 15) is 30.3 Å². The van der Waals surface area contributed by atoms with Crippen LogP contribution in [0.2, 0.25) is 0 Å². The first-order valence-corrected chi connectivity index (χ1v) is 8.96. The zero-order valence-electron chi connectivity index (χ0n) is 12.9. The van der Waals surface area contributed by atoms with Crippen LogP contribution in [-0.2, 0) is 9.53 Å². The Bertz CT molecular complexity index is 858. The fourth-order valence-electron chi connectivity index (χ4n) is 2.62. The first kappa shape index (κ1) is 19.3. The summed E-state index contributed by atoms with van der Waals surface area (Å²) in [5.41, 5.74) is 0. The van der Waals surface area contributed by atoms with Crippen molar-refractivity contribution in [3.63, 3.8) is 0 Å². The van der Waals surface area contributed by atoms with Gasteiger partial charge in [-0.05, 0) is 66.9 Å². The highest BCUT2D eigenvalue weighted by Gasteiger charge is 2.45. The summed E-state index contributed by atoms with van der Waals surface area (Å²) < 4.78 is 11.9. The minimum atomic E-state index is -1.90. The average molecular weight is 493 g/mol. The fourth-order valence-corrected chi connectivity index (χ4v) is 3.34. The van der Waals surface area contributed by atoms with Crippen LogP contribution >= 0.6 is 31.9 Å². The molecule has 2 aromatic carbocycles. The van der Waals surface area contributed by atoms with E-state index in [0.717, 1.165) is 8.95 Å². The molecule has 0 aromatic heterocycles. The molecule has 5 atom stereocenters. The van der Waals surface area contributed by atoms with E-state index in [-0.39, 0.29) is 11.5 Å². The number of ether oxygens (including phenoxy) is 2. The Morgan fingerprint density at radius 3 is 2.15 bits per heavy atom. The van der Waals surface area contributed by atoms with E-state index < -0.39 is 36.7 Å². The Hall–Kier alpha value is -1.43. The Morgan fingerprint density at radius 1 is 1.00 bits per heavy atom. The van der Waals surface area contributed by atoms with Gasteiger partial charge in [0.15, 0.2) is 11.5 Å². The van der Waals surface area contributed by atoms with E-state index in [2.05, 4.69) is 31.9 Å². The van der Waals surface area contributed by atoms with Gasteiger partial charge in [-0.25, -0.2) is 0 Å². The molecule has 0 saturated carbocycles. The van der Waals surface area contributed by atoms with Crippen LogP contribution in [0.15, 0.2) is 33.2 Å². The number of aliphatic carboxylic acids is 1. The largest absolute Gasteiger partial charge is 0.547 e. The number of carbonyl (C=O) groups is 1. The molecule has 3 rings (SSSR count). The van der Waals surface area contributed by atoms with Gasteiger partial charge in [-0.2, -0.15) is 0 Å². The van der Waals surface area contributed by atoms with Crippen LogP contribution in [0.25, 0.3) is 10.8 Å². The molecule has 0 aliphatic carbocycles. The summed E-state index contributed by atoms with van der Waals surface area (Å²) in [4.78, 5) is 11.0. The number of aliphatic hydroxyl groups is 3. The van der Waals surface area contributed by atoms with Gasteiger partial charge in [0.1, 0.15) is 24.4 Å². The highest BCUT2D eigenvalue weighted by molar-refractivity contribution is 9.13. The normalized spacial score (nSPS) is 28.9. The summed E-state index contributed by atoms with van der Waals surface area (Å²) in [5, 5.41) is 52.0. The second-order valence-electron chi connectivity index (χ2n) is 5.77. The lowest BCUT2D eigenvalue weighted by atomic mass is 9.99. The third-order valence-corrected chi connectivity index (χ3v) is 5.85. The van der Waals surface area contributed by atoms with Crippen LogP contribution in [0.1, 0.15) is 0 Å². The maximum absolute atomic E-state index is 11.0. The molecule has 0 bridgehead atoms. The van der Waals surface area contributed by atoms with Crippen LogP contribution in [0.4, 0.5) is 0 Å². The highest BCUT2D eigenvalue weighted by atomic mass is 79.9. The predicted molar refractivity (Wildman–Crippen MR) is 93.3 cm³/mol. The molecule has 8 nitrogen and oxygen atoms in total. The van der Waals surface area contributed by atoms with Crippen molar-refractivity contribution < 1.29 is 39.8 Å². The van der Waals surface area contributed by atoms with E-state index in [1.54, 1.807) is 12.1 Å². The van der Waals surface area contributed by atoms with Gasteiger partial charge in [0.05, 0.1) is 5.97 Å². The van der Waals surface area contributed by atoms with E-state index in [4.69, 9.17) is 9.47 Å². The lowest BCUT2D eigenvalue weighted by Gasteiger charge is -2.40. The molecule has 1 heterocycles. The maximum Gasteiger partial charge on any atom is 0.229 e. The van der Waals surface area contributed by atoms with E-state index >= 15 is 0 Å². The third kappa shape index (κ3) is 3.53. The summed E-state index contributed by atoms with van der Waals surface area (Å²) in [5.74, 6) is -2.15. The van der Waals surface area contributed by atoms with Crippen LogP contribution in [0, 0.1) is 0 Å². The van der Waals surface area contributed by atoms with Crippen LogP contribution in [0.5, 0.6) is 11.5 Å². The molecule has 10 heteroatoms. The summed E-state index contributed by atoms with van der Waals surface area (Å²) in [6.07, 6.45) is -8.99. The quantitative estimate of drug-likeness (QED) is 0.469. The lowest BCUT2D eigenvalue weighted by molar-refractivity contribution is -0.342. The number of hydrogen-bond donors (Lipinski definition) is 4. The molecule has 2 aromatic rings. The second-order valence-corrected chi connectivity index (χ2v) is 7.48.